The number of piperidine rings is 1. The fourth-order valence-electron chi connectivity index (χ4n) is 3.48. The molecule has 0 spiro atoms. The van der Waals surface area contributed by atoms with Gasteiger partial charge in [0.25, 0.3) is 0 Å². The molecule has 0 saturated carbocycles. The molecule has 1 fully saturated rings. The molecule has 1 aromatic heterocycles. The minimum absolute atomic E-state index is 0.185. The van der Waals surface area contributed by atoms with E-state index < -0.39 is 0 Å². The van der Waals surface area contributed by atoms with Crippen molar-refractivity contribution in [2.24, 2.45) is 4.99 Å². The van der Waals surface area contributed by atoms with Crippen LogP contribution in [0.4, 0.5) is 0 Å². The summed E-state index contributed by atoms with van der Waals surface area (Å²) in [6.07, 6.45) is 3.73. The first-order valence-electron chi connectivity index (χ1n) is 9.95. The second-order valence-corrected chi connectivity index (χ2v) is 8.25. The topological polar surface area (TPSA) is 69.2 Å². The molecule has 27 heavy (non-hydrogen) atoms. The largest absolute Gasteiger partial charge is 0.357 e. The lowest BCUT2D eigenvalue weighted by Crippen LogP contribution is -2.45. The number of rotatable bonds is 4. The monoisotopic (exact) mass is 368 g/mol. The molecule has 146 valence electrons. The minimum atomic E-state index is 0.185. The van der Waals surface area contributed by atoms with Gasteiger partial charge in [-0.25, -0.2) is 9.98 Å². The van der Waals surface area contributed by atoms with Gasteiger partial charge in [-0.3, -0.25) is 5.10 Å². The first-order chi connectivity index (χ1) is 13.0. The Morgan fingerprint density at radius 2 is 1.93 bits per heavy atom. The number of aromatic amines is 1. The van der Waals surface area contributed by atoms with E-state index in [-0.39, 0.29) is 5.41 Å². The van der Waals surface area contributed by atoms with Crippen LogP contribution in [0.5, 0.6) is 0 Å². The number of likely N-dealkylation sites (tertiary alicyclic amines) is 1. The molecular weight excluding hydrogens is 336 g/mol. The van der Waals surface area contributed by atoms with Crippen LogP contribution in [-0.2, 0) is 12.0 Å². The van der Waals surface area contributed by atoms with Crippen LogP contribution in [0.2, 0.25) is 0 Å². The van der Waals surface area contributed by atoms with E-state index in [1.54, 1.807) is 6.33 Å². The highest BCUT2D eigenvalue weighted by atomic mass is 15.3. The van der Waals surface area contributed by atoms with E-state index >= 15 is 0 Å². The summed E-state index contributed by atoms with van der Waals surface area (Å²) in [5.74, 6) is 2.49. The van der Waals surface area contributed by atoms with Gasteiger partial charge in [0.1, 0.15) is 12.2 Å². The number of guanidine groups is 1. The van der Waals surface area contributed by atoms with Gasteiger partial charge in [-0.15, -0.1) is 0 Å². The van der Waals surface area contributed by atoms with Crippen LogP contribution in [0.15, 0.2) is 35.6 Å². The second-order valence-electron chi connectivity index (χ2n) is 8.25. The molecule has 6 nitrogen and oxygen atoms in total. The SMILES string of the molecule is CCNC(=NCc1ccc(C(C)(C)C)cc1)N1CCC(c2ncn[nH]2)CC1. The Hall–Kier alpha value is -2.37. The van der Waals surface area contributed by atoms with Gasteiger partial charge < -0.3 is 10.2 Å². The fraction of sp³-hybridized carbons (Fsp3) is 0.571. The first-order valence-corrected chi connectivity index (χ1v) is 9.95. The fourth-order valence-corrected chi connectivity index (χ4v) is 3.48. The molecule has 1 aliphatic heterocycles. The average molecular weight is 369 g/mol. The summed E-state index contributed by atoms with van der Waals surface area (Å²) in [7, 11) is 0. The van der Waals surface area contributed by atoms with Gasteiger partial charge in [0.05, 0.1) is 6.54 Å². The standard InChI is InChI=1S/C21H32N6/c1-5-22-20(23-14-16-6-8-18(9-7-16)21(2,3)4)27-12-10-17(11-13-27)19-24-15-25-26-19/h6-9,15,17H,5,10-14H2,1-4H3,(H,22,23)(H,24,25,26). The van der Waals surface area contributed by atoms with Crippen LogP contribution in [0.25, 0.3) is 0 Å². The molecule has 3 rings (SSSR count). The zero-order chi connectivity index (χ0) is 19.3. The number of benzene rings is 1. The van der Waals surface area contributed by atoms with E-state index in [0.29, 0.717) is 12.5 Å². The van der Waals surface area contributed by atoms with Gasteiger partial charge in [-0.2, -0.15) is 5.10 Å². The molecule has 0 radical (unpaired) electrons. The van der Waals surface area contributed by atoms with Crippen molar-refractivity contribution in [2.75, 3.05) is 19.6 Å². The average Bonchev–Trinajstić information content (AvgIpc) is 3.20. The molecule has 1 saturated heterocycles. The maximum absolute atomic E-state index is 4.88. The number of nitrogens with one attached hydrogen (secondary N) is 2. The quantitative estimate of drug-likeness (QED) is 0.641. The first kappa shape index (κ1) is 19.4. The van der Waals surface area contributed by atoms with Crippen molar-refractivity contribution >= 4 is 5.96 Å². The van der Waals surface area contributed by atoms with Crippen LogP contribution < -0.4 is 5.32 Å². The Bertz CT molecular complexity index is 719. The number of hydrogen-bond acceptors (Lipinski definition) is 3. The predicted octanol–water partition coefficient (Wildman–Crippen LogP) is 3.45. The Kier molecular flexibility index (Phi) is 6.14. The Labute approximate surface area is 162 Å². The smallest absolute Gasteiger partial charge is 0.194 e. The van der Waals surface area contributed by atoms with E-state index in [9.17, 15) is 0 Å². The molecule has 2 heterocycles. The van der Waals surface area contributed by atoms with Crippen molar-refractivity contribution in [3.8, 4) is 0 Å². The molecule has 2 aromatic rings. The zero-order valence-electron chi connectivity index (χ0n) is 17.0. The van der Waals surface area contributed by atoms with E-state index in [2.05, 4.69) is 77.4 Å². The van der Waals surface area contributed by atoms with Crippen LogP contribution in [-0.4, -0.2) is 45.7 Å². The lowest BCUT2D eigenvalue weighted by molar-refractivity contribution is 0.299. The van der Waals surface area contributed by atoms with Crippen molar-refractivity contribution < 1.29 is 0 Å². The third-order valence-corrected chi connectivity index (χ3v) is 5.18. The number of aromatic nitrogens is 3. The number of H-pyrrole nitrogens is 1. The van der Waals surface area contributed by atoms with Crippen molar-refractivity contribution in [1.29, 1.82) is 0 Å². The third-order valence-electron chi connectivity index (χ3n) is 5.18. The molecule has 6 heteroatoms. The Balaban J connectivity index is 1.61. The maximum Gasteiger partial charge on any atom is 0.194 e. The molecule has 1 aliphatic rings. The molecule has 0 aliphatic carbocycles. The van der Waals surface area contributed by atoms with Crippen molar-refractivity contribution in [2.45, 2.75) is 58.4 Å². The summed E-state index contributed by atoms with van der Waals surface area (Å²) >= 11 is 0. The van der Waals surface area contributed by atoms with Crippen LogP contribution in [0.1, 0.15) is 63.4 Å². The van der Waals surface area contributed by atoms with Crippen molar-refractivity contribution in [3.63, 3.8) is 0 Å². The molecule has 0 bridgehead atoms. The molecule has 1 aromatic carbocycles. The molecule has 0 amide bonds. The third kappa shape index (κ3) is 5.08. The van der Waals surface area contributed by atoms with Gasteiger partial charge in [0.15, 0.2) is 5.96 Å². The summed E-state index contributed by atoms with van der Waals surface area (Å²) in [5, 5.41) is 10.4. The van der Waals surface area contributed by atoms with Gasteiger partial charge >= 0.3 is 0 Å². The van der Waals surface area contributed by atoms with E-state index in [0.717, 1.165) is 44.3 Å². The van der Waals surface area contributed by atoms with E-state index in [1.165, 1.54) is 11.1 Å². The summed E-state index contributed by atoms with van der Waals surface area (Å²) in [5.41, 5.74) is 2.79. The van der Waals surface area contributed by atoms with Gasteiger partial charge in [-0.05, 0) is 36.3 Å². The highest BCUT2D eigenvalue weighted by Crippen LogP contribution is 2.25. The highest BCUT2D eigenvalue weighted by molar-refractivity contribution is 5.80. The van der Waals surface area contributed by atoms with Crippen LogP contribution in [0.3, 0.4) is 0 Å². The van der Waals surface area contributed by atoms with E-state index in [1.807, 2.05) is 0 Å². The highest BCUT2D eigenvalue weighted by Gasteiger charge is 2.24. The normalized spacial score (nSPS) is 16.6. The van der Waals surface area contributed by atoms with Gasteiger partial charge in [0.2, 0.25) is 0 Å². The van der Waals surface area contributed by atoms with Crippen molar-refractivity contribution in [1.82, 2.24) is 25.4 Å². The molecule has 0 unspecified atom stereocenters. The maximum atomic E-state index is 4.88. The molecule has 2 N–H and O–H groups in total. The molecular formula is C21H32N6. The Morgan fingerprint density at radius 1 is 1.22 bits per heavy atom. The van der Waals surface area contributed by atoms with Gasteiger partial charge in [-0.1, -0.05) is 45.0 Å². The van der Waals surface area contributed by atoms with E-state index in [4.69, 9.17) is 4.99 Å². The molecule has 0 atom stereocenters. The number of aliphatic imine (C=N–C) groups is 1. The summed E-state index contributed by atoms with van der Waals surface area (Å²) in [6, 6.07) is 8.84. The number of hydrogen-bond donors (Lipinski definition) is 2. The lowest BCUT2D eigenvalue weighted by Gasteiger charge is -2.33. The summed E-state index contributed by atoms with van der Waals surface area (Å²) < 4.78 is 0. The minimum Gasteiger partial charge on any atom is -0.357 e. The van der Waals surface area contributed by atoms with Crippen LogP contribution in [0, 0.1) is 0 Å². The van der Waals surface area contributed by atoms with Crippen molar-refractivity contribution in [3.05, 3.63) is 47.5 Å². The lowest BCUT2D eigenvalue weighted by atomic mass is 9.87. The van der Waals surface area contributed by atoms with Crippen LogP contribution >= 0.6 is 0 Å². The number of nitrogens with zero attached hydrogens (tertiary/aromatic N) is 4. The predicted molar refractivity (Wildman–Crippen MR) is 110 cm³/mol. The Morgan fingerprint density at radius 3 is 2.48 bits per heavy atom. The zero-order valence-corrected chi connectivity index (χ0v) is 17.0. The summed E-state index contributed by atoms with van der Waals surface area (Å²) in [6.45, 7) is 12.4. The summed E-state index contributed by atoms with van der Waals surface area (Å²) in [4.78, 5) is 11.6. The second kappa shape index (κ2) is 8.55. The van der Waals surface area contributed by atoms with Gasteiger partial charge in [0, 0.05) is 25.6 Å².